The predicted octanol–water partition coefficient (Wildman–Crippen LogP) is 2.21. The quantitative estimate of drug-likeness (QED) is 0.817. The Bertz CT molecular complexity index is 379. The Morgan fingerprint density at radius 2 is 2.00 bits per heavy atom. The molecule has 0 unspecified atom stereocenters. The molecule has 3 N–H and O–H groups in total. The molecule has 0 spiro atoms. The van der Waals surface area contributed by atoms with Crippen LogP contribution in [0.4, 0.5) is 5.69 Å². The van der Waals surface area contributed by atoms with Crippen LogP contribution in [-0.2, 0) is 4.79 Å². The predicted molar refractivity (Wildman–Crippen MR) is 65.2 cm³/mol. The van der Waals surface area contributed by atoms with Gasteiger partial charge in [0.05, 0.1) is 0 Å². The minimum atomic E-state index is -0.241. The number of rotatable bonds is 3. The summed E-state index contributed by atoms with van der Waals surface area (Å²) in [5.74, 6) is 0.0195. The van der Waals surface area contributed by atoms with Gasteiger partial charge in [-0.2, -0.15) is 0 Å². The molecule has 0 saturated heterocycles. The molecule has 0 aromatic heterocycles. The molecule has 3 nitrogen and oxygen atoms in total. The molecule has 0 bridgehead atoms. The first-order chi connectivity index (χ1) is 7.57. The second-order valence-electron chi connectivity index (χ2n) is 4.81. The van der Waals surface area contributed by atoms with E-state index >= 15 is 0 Å². The lowest BCUT2D eigenvalue weighted by Gasteiger charge is -2.37. The zero-order valence-electron chi connectivity index (χ0n) is 9.62. The van der Waals surface area contributed by atoms with E-state index in [1.165, 1.54) is 5.56 Å². The van der Waals surface area contributed by atoms with Crippen molar-refractivity contribution in [1.29, 1.82) is 0 Å². The fourth-order valence-corrected chi connectivity index (χ4v) is 1.97. The van der Waals surface area contributed by atoms with Gasteiger partial charge in [0.25, 0.3) is 0 Å². The van der Waals surface area contributed by atoms with Crippen molar-refractivity contribution in [1.82, 2.24) is 0 Å². The highest BCUT2D eigenvalue weighted by Crippen LogP contribution is 2.32. The van der Waals surface area contributed by atoms with Crippen molar-refractivity contribution in [3.05, 3.63) is 29.8 Å². The maximum atomic E-state index is 11.7. The van der Waals surface area contributed by atoms with Gasteiger partial charge in [0.2, 0.25) is 5.91 Å². The summed E-state index contributed by atoms with van der Waals surface area (Å²) in [7, 11) is 0. The van der Waals surface area contributed by atoms with E-state index in [0.717, 1.165) is 24.9 Å². The first-order valence-electron chi connectivity index (χ1n) is 5.73. The number of aryl methyl sites for hydroxylation is 1. The van der Waals surface area contributed by atoms with E-state index in [-0.39, 0.29) is 11.4 Å². The molecule has 0 aliphatic heterocycles. The van der Waals surface area contributed by atoms with Crippen LogP contribution in [0.3, 0.4) is 0 Å². The van der Waals surface area contributed by atoms with Crippen molar-refractivity contribution in [3.63, 3.8) is 0 Å². The van der Waals surface area contributed by atoms with Crippen molar-refractivity contribution in [2.24, 2.45) is 5.73 Å². The molecule has 1 amide bonds. The summed E-state index contributed by atoms with van der Waals surface area (Å²) in [6.45, 7) is 2.02. The van der Waals surface area contributed by atoms with Crippen molar-refractivity contribution < 1.29 is 4.79 Å². The Morgan fingerprint density at radius 1 is 1.38 bits per heavy atom. The van der Waals surface area contributed by atoms with E-state index in [2.05, 4.69) is 5.32 Å². The monoisotopic (exact) mass is 218 g/mol. The summed E-state index contributed by atoms with van der Waals surface area (Å²) in [6.07, 6.45) is 3.51. The van der Waals surface area contributed by atoms with E-state index in [9.17, 15) is 4.79 Å². The molecule has 1 saturated carbocycles. The van der Waals surface area contributed by atoms with Gasteiger partial charge in [-0.3, -0.25) is 4.79 Å². The van der Waals surface area contributed by atoms with Crippen LogP contribution < -0.4 is 11.1 Å². The fourth-order valence-electron chi connectivity index (χ4n) is 1.97. The van der Waals surface area contributed by atoms with Crippen LogP contribution in [0.1, 0.15) is 31.2 Å². The standard InChI is InChI=1S/C13H18N2O/c1-10-3-5-11(6-4-10)15-12(16)9-13(14)7-2-8-13/h3-6H,2,7-9,14H2,1H3,(H,15,16). The summed E-state index contributed by atoms with van der Waals surface area (Å²) in [5, 5.41) is 2.87. The summed E-state index contributed by atoms with van der Waals surface area (Å²) in [4.78, 5) is 11.7. The molecule has 3 heteroatoms. The molecule has 1 aromatic carbocycles. The Hall–Kier alpha value is -1.35. The first kappa shape index (κ1) is 11.1. The van der Waals surface area contributed by atoms with E-state index < -0.39 is 0 Å². The molecule has 0 radical (unpaired) electrons. The molecule has 2 rings (SSSR count). The third-order valence-electron chi connectivity index (χ3n) is 3.20. The lowest BCUT2D eigenvalue weighted by molar-refractivity contribution is -0.118. The van der Waals surface area contributed by atoms with Gasteiger partial charge in [-0.25, -0.2) is 0 Å². The molecular formula is C13H18N2O. The van der Waals surface area contributed by atoms with Gasteiger partial charge >= 0.3 is 0 Å². The van der Waals surface area contributed by atoms with Gasteiger partial charge in [0.15, 0.2) is 0 Å². The lowest BCUT2D eigenvalue weighted by Crippen LogP contribution is -2.48. The SMILES string of the molecule is Cc1ccc(NC(=O)CC2(N)CCC2)cc1. The third kappa shape index (κ3) is 2.61. The largest absolute Gasteiger partial charge is 0.326 e. The van der Waals surface area contributed by atoms with Gasteiger partial charge in [0, 0.05) is 17.6 Å². The Labute approximate surface area is 96.0 Å². The zero-order valence-corrected chi connectivity index (χ0v) is 9.62. The fraction of sp³-hybridized carbons (Fsp3) is 0.462. The van der Waals surface area contributed by atoms with Crippen LogP contribution in [0.5, 0.6) is 0 Å². The molecule has 1 aliphatic rings. The molecule has 0 atom stereocenters. The van der Waals surface area contributed by atoms with Crippen molar-refractivity contribution in [3.8, 4) is 0 Å². The van der Waals surface area contributed by atoms with Crippen LogP contribution in [0.25, 0.3) is 0 Å². The molecule has 86 valence electrons. The smallest absolute Gasteiger partial charge is 0.226 e. The number of carbonyl (C=O) groups excluding carboxylic acids is 1. The maximum absolute atomic E-state index is 11.7. The van der Waals surface area contributed by atoms with Gasteiger partial charge in [0.1, 0.15) is 0 Å². The first-order valence-corrected chi connectivity index (χ1v) is 5.73. The summed E-state index contributed by atoms with van der Waals surface area (Å²) < 4.78 is 0. The molecule has 0 heterocycles. The third-order valence-corrected chi connectivity index (χ3v) is 3.20. The second kappa shape index (κ2) is 4.26. The van der Waals surface area contributed by atoms with Crippen molar-refractivity contribution in [2.75, 3.05) is 5.32 Å². The highest BCUT2D eigenvalue weighted by Gasteiger charge is 2.34. The van der Waals surface area contributed by atoms with Gasteiger partial charge in [-0.1, -0.05) is 17.7 Å². The molecule has 1 aromatic rings. The average molecular weight is 218 g/mol. The van der Waals surface area contributed by atoms with Crippen LogP contribution in [0.15, 0.2) is 24.3 Å². The maximum Gasteiger partial charge on any atom is 0.226 e. The Kier molecular flexibility index (Phi) is 2.97. The zero-order chi connectivity index (χ0) is 11.6. The summed E-state index contributed by atoms with van der Waals surface area (Å²) in [5.41, 5.74) is 7.81. The number of nitrogens with one attached hydrogen (secondary N) is 1. The molecule has 1 aliphatic carbocycles. The number of amides is 1. The minimum Gasteiger partial charge on any atom is -0.326 e. The number of anilines is 1. The highest BCUT2D eigenvalue weighted by atomic mass is 16.1. The number of nitrogens with two attached hydrogens (primary N) is 1. The second-order valence-corrected chi connectivity index (χ2v) is 4.81. The van der Waals surface area contributed by atoms with Crippen LogP contribution in [0.2, 0.25) is 0 Å². The number of hydrogen-bond donors (Lipinski definition) is 2. The van der Waals surface area contributed by atoms with Crippen molar-refractivity contribution >= 4 is 11.6 Å². The Morgan fingerprint density at radius 3 is 2.50 bits per heavy atom. The minimum absolute atomic E-state index is 0.0195. The Balaban J connectivity index is 1.89. The normalized spacial score (nSPS) is 17.6. The van der Waals surface area contributed by atoms with E-state index in [1.54, 1.807) is 0 Å². The van der Waals surface area contributed by atoms with Crippen LogP contribution >= 0.6 is 0 Å². The van der Waals surface area contributed by atoms with E-state index in [1.807, 2.05) is 31.2 Å². The van der Waals surface area contributed by atoms with Crippen LogP contribution in [0, 0.1) is 6.92 Å². The average Bonchev–Trinajstić information content (AvgIpc) is 2.19. The highest BCUT2D eigenvalue weighted by molar-refractivity contribution is 5.91. The summed E-state index contributed by atoms with van der Waals surface area (Å²) in [6, 6.07) is 7.79. The summed E-state index contributed by atoms with van der Waals surface area (Å²) >= 11 is 0. The number of hydrogen-bond acceptors (Lipinski definition) is 2. The number of benzene rings is 1. The topological polar surface area (TPSA) is 55.1 Å². The van der Waals surface area contributed by atoms with E-state index in [0.29, 0.717) is 6.42 Å². The van der Waals surface area contributed by atoms with Crippen LogP contribution in [-0.4, -0.2) is 11.4 Å². The van der Waals surface area contributed by atoms with Gasteiger partial charge in [-0.15, -0.1) is 0 Å². The lowest BCUT2D eigenvalue weighted by atomic mass is 9.75. The van der Waals surface area contributed by atoms with Gasteiger partial charge < -0.3 is 11.1 Å². The van der Waals surface area contributed by atoms with E-state index in [4.69, 9.17) is 5.73 Å². The molecule has 16 heavy (non-hydrogen) atoms. The molecule has 1 fully saturated rings. The molecular weight excluding hydrogens is 200 g/mol. The van der Waals surface area contributed by atoms with Gasteiger partial charge in [-0.05, 0) is 38.3 Å². The van der Waals surface area contributed by atoms with Crippen molar-refractivity contribution in [2.45, 2.75) is 38.1 Å². The number of carbonyl (C=O) groups is 1.